The molecule has 1 aromatic rings. The predicted molar refractivity (Wildman–Crippen MR) is 83.3 cm³/mol. The maximum Gasteiger partial charge on any atom is 0.0161 e. The Labute approximate surface area is 118 Å². The van der Waals surface area contributed by atoms with Crippen molar-refractivity contribution in [2.45, 2.75) is 58.4 Å². The van der Waals surface area contributed by atoms with Crippen molar-refractivity contribution in [3.05, 3.63) is 35.9 Å². The van der Waals surface area contributed by atoms with Crippen molar-refractivity contribution in [3.8, 4) is 0 Å². The molecule has 0 bridgehead atoms. The first-order valence-corrected chi connectivity index (χ1v) is 7.87. The highest BCUT2D eigenvalue weighted by molar-refractivity contribution is 5.17. The molecule has 19 heavy (non-hydrogen) atoms. The average molecular weight is 259 g/mol. The quantitative estimate of drug-likeness (QED) is 0.797. The smallest absolute Gasteiger partial charge is 0.0161 e. The van der Waals surface area contributed by atoms with E-state index in [1.165, 1.54) is 44.1 Å². The van der Waals surface area contributed by atoms with E-state index in [9.17, 15) is 0 Å². The summed E-state index contributed by atoms with van der Waals surface area (Å²) >= 11 is 0. The van der Waals surface area contributed by atoms with Crippen LogP contribution in [0.2, 0.25) is 0 Å². The Bertz CT molecular complexity index is 363. The molecule has 1 saturated carbocycles. The Morgan fingerprint density at radius 3 is 2.26 bits per heavy atom. The average Bonchev–Trinajstić information content (AvgIpc) is 2.85. The lowest BCUT2D eigenvalue weighted by Crippen LogP contribution is -2.44. The van der Waals surface area contributed by atoms with Crippen LogP contribution in [0.1, 0.15) is 51.5 Å². The standard InChI is InChI=1S/C18H29N/c1-15(2)14-18(11-7-8-12-18)17(19-3)13-16-9-5-4-6-10-16/h4-6,9-10,15,17,19H,7-8,11-14H2,1-3H3. The van der Waals surface area contributed by atoms with Crippen molar-refractivity contribution >= 4 is 0 Å². The minimum Gasteiger partial charge on any atom is -0.316 e. The van der Waals surface area contributed by atoms with Crippen LogP contribution in [0.4, 0.5) is 0 Å². The largest absolute Gasteiger partial charge is 0.316 e. The fraction of sp³-hybridized carbons (Fsp3) is 0.667. The minimum atomic E-state index is 0.527. The van der Waals surface area contributed by atoms with Crippen molar-refractivity contribution in [2.75, 3.05) is 7.05 Å². The van der Waals surface area contributed by atoms with Crippen molar-refractivity contribution in [1.82, 2.24) is 5.32 Å². The summed E-state index contributed by atoms with van der Waals surface area (Å²) in [7, 11) is 2.15. The van der Waals surface area contributed by atoms with E-state index in [1.807, 2.05) is 0 Å². The maximum atomic E-state index is 3.64. The fourth-order valence-corrected chi connectivity index (χ4v) is 4.06. The van der Waals surface area contributed by atoms with E-state index in [0.717, 1.165) is 5.92 Å². The molecule has 0 amide bonds. The topological polar surface area (TPSA) is 12.0 Å². The molecule has 0 heterocycles. The van der Waals surface area contributed by atoms with Crippen LogP contribution >= 0.6 is 0 Å². The Balaban J connectivity index is 2.13. The van der Waals surface area contributed by atoms with E-state index in [4.69, 9.17) is 0 Å². The van der Waals surface area contributed by atoms with Gasteiger partial charge in [0.25, 0.3) is 0 Å². The van der Waals surface area contributed by atoms with Gasteiger partial charge in [0, 0.05) is 6.04 Å². The number of nitrogens with one attached hydrogen (secondary N) is 1. The lowest BCUT2D eigenvalue weighted by Gasteiger charge is -2.39. The van der Waals surface area contributed by atoms with Crippen LogP contribution in [-0.2, 0) is 6.42 Å². The van der Waals surface area contributed by atoms with Gasteiger partial charge in [-0.3, -0.25) is 0 Å². The van der Waals surface area contributed by atoms with Gasteiger partial charge in [-0.05, 0) is 49.6 Å². The summed E-state index contributed by atoms with van der Waals surface area (Å²) in [5.74, 6) is 0.796. The van der Waals surface area contributed by atoms with Crippen molar-refractivity contribution in [2.24, 2.45) is 11.3 Å². The number of benzene rings is 1. The van der Waals surface area contributed by atoms with Gasteiger partial charge in [-0.15, -0.1) is 0 Å². The van der Waals surface area contributed by atoms with Crippen LogP contribution < -0.4 is 5.32 Å². The SMILES string of the molecule is CNC(Cc1ccccc1)C1(CC(C)C)CCCC1. The van der Waals surface area contributed by atoms with E-state index in [-0.39, 0.29) is 0 Å². The summed E-state index contributed by atoms with van der Waals surface area (Å²) < 4.78 is 0. The van der Waals surface area contributed by atoms with E-state index < -0.39 is 0 Å². The predicted octanol–water partition coefficient (Wildman–Crippen LogP) is 4.42. The minimum absolute atomic E-state index is 0.527. The van der Waals surface area contributed by atoms with E-state index in [1.54, 1.807) is 0 Å². The van der Waals surface area contributed by atoms with Crippen LogP contribution in [0.15, 0.2) is 30.3 Å². The summed E-state index contributed by atoms with van der Waals surface area (Å²) in [5, 5.41) is 3.64. The molecule has 1 aliphatic rings. The second kappa shape index (κ2) is 6.56. The Morgan fingerprint density at radius 1 is 1.11 bits per heavy atom. The van der Waals surface area contributed by atoms with Crippen LogP contribution in [-0.4, -0.2) is 13.1 Å². The number of likely N-dealkylation sites (N-methyl/N-ethyl adjacent to an activating group) is 1. The molecular formula is C18H29N. The molecule has 1 N–H and O–H groups in total. The first-order valence-electron chi connectivity index (χ1n) is 7.87. The third kappa shape index (κ3) is 3.60. The molecule has 0 saturated heterocycles. The second-order valence-electron chi connectivity index (χ2n) is 6.70. The molecule has 1 fully saturated rings. The second-order valence-corrected chi connectivity index (χ2v) is 6.70. The lowest BCUT2D eigenvalue weighted by molar-refractivity contribution is 0.160. The lowest BCUT2D eigenvalue weighted by atomic mass is 9.71. The highest BCUT2D eigenvalue weighted by atomic mass is 14.9. The fourth-order valence-electron chi connectivity index (χ4n) is 4.06. The number of hydrogen-bond donors (Lipinski definition) is 1. The third-order valence-corrected chi connectivity index (χ3v) is 4.78. The molecule has 1 aromatic carbocycles. The molecular weight excluding hydrogens is 230 g/mol. The van der Waals surface area contributed by atoms with Gasteiger partial charge in [-0.1, -0.05) is 57.0 Å². The van der Waals surface area contributed by atoms with Gasteiger partial charge in [0.05, 0.1) is 0 Å². The van der Waals surface area contributed by atoms with Crippen LogP contribution in [0.3, 0.4) is 0 Å². The van der Waals surface area contributed by atoms with Gasteiger partial charge in [0.15, 0.2) is 0 Å². The van der Waals surface area contributed by atoms with Gasteiger partial charge in [0.2, 0.25) is 0 Å². The van der Waals surface area contributed by atoms with Gasteiger partial charge in [-0.25, -0.2) is 0 Å². The van der Waals surface area contributed by atoms with E-state index in [0.29, 0.717) is 11.5 Å². The summed E-state index contributed by atoms with van der Waals surface area (Å²) in [5.41, 5.74) is 2.00. The highest BCUT2D eigenvalue weighted by Gasteiger charge is 2.40. The molecule has 0 radical (unpaired) electrons. The zero-order valence-electron chi connectivity index (χ0n) is 12.8. The maximum absolute atomic E-state index is 3.64. The monoisotopic (exact) mass is 259 g/mol. The summed E-state index contributed by atoms with van der Waals surface area (Å²) in [6.07, 6.45) is 8.18. The zero-order chi connectivity index (χ0) is 13.7. The molecule has 1 atom stereocenters. The summed E-state index contributed by atoms with van der Waals surface area (Å²) in [6.45, 7) is 4.74. The van der Waals surface area contributed by atoms with Gasteiger partial charge >= 0.3 is 0 Å². The van der Waals surface area contributed by atoms with Crippen LogP contribution in [0, 0.1) is 11.3 Å². The third-order valence-electron chi connectivity index (χ3n) is 4.78. The van der Waals surface area contributed by atoms with Crippen LogP contribution in [0.25, 0.3) is 0 Å². The molecule has 1 unspecified atom stereocenters. The Kier molecular flexibility index (Phi) is 5.04. The zero-order valence-corrected chi connectivity index (χ0v) is 12.8. The number of rotatable bonds is 6. The Hall–Kier alpha value is -0.820. The van der Waals surface area contributed by atoms with E-state index in [2.05, 4.69) is 56.5 Å². The van der Waals surface area contributed by atoms with E-state index >= 15 is 0 Å². The molecule has 0 spiro atoms. The molecule has 1 aliphatic carbocycles. The Morgan fingerprint density at radius 2 is 1.74 bits per heavy atom. The van der Waals surface area contributed by atoms with Crippen molar-refractivity contribution in [3.63, 3.8) is 0 Å². The normalized spacial score (nSPS) is 19.8. The van der Waals surface area contributed by atoms with Gasteiger partial charge in [-0.2, -0.15) is 0 Å². The van der Waals surface area contributed by atoms with Gasteiger partial charge < -0.3 is 5.32 Å². The molecule has 2 rings (SSSR count). The molecule has 0 aromatic heterocycles. The molecule has 106 valence electrons. The molecule has 0 aliphatic heterocycles. The number of hydrogen-bond acceptors (Lipinski definition) is 1. The van der Waals surface area contributed by atoms with Crippen molar-refractivity contribution in [1.29, 1.82) is 0 Å². The van der Waals surface area contributed by atoms with Crippen molar-refractivity contribution < 1.29 is 0 Å². The summed E-state index contributed by atoms with van der Waals surface area (Å²) in [4.78, 5) is 0. The summed E-state index contributed by atoms with van der Waals surface area (Å²) in [6, 6.07) is 11.6. The molecule has 1 heteroatoms. The first kappa shape index (κ1) is 14.6. The molecule has 1 nitrogen and oxygen atoms in total. The highest BCUT2D eigenvalue weighted by Crippen LogP contribution is 2.46. The van der Waals surface area contributed by atoms with Gasteiger partial charge in [0.1, 0.15) is 0 Å². The van der Waals surface area contributed by atoms with Crippen LogP contribution in [0.5, 0.6) is 0 Å². The first-order chi connectivity index (χ1) is 9.16.